The lowest BCUT2D eigenvalue weighted by Gasteiger charge is -2.26. The van der Waals surface area contributed by atoms with Crippen LogP contribution in [0.4, 0.5) is 13.2 Å². The maximum atomic E-state index is 12.4. The van der Waals surface area contributed by atoms with Crippen LogP contribution in [-0.2, 0) is 0 Å². The second-order valence-corrected chi connectivity index (χ2v) is 4.03. The zero-order valence-electron chi connectivity index (χ0n) is 10.2. The van der Waals surface area contributed by atoms with Gasteiger partial charge in [0.05, 0.1) is 0 Å². The van der Waals surface area contributed by atoms with Crippen LogP contribution in [0.3, 0.4) is 0 Å². The number of hydrogen-bond donors (Lipinski definition) is 1. The van der Waals surface area contributed by atoms with Gasteiger partial charge in [0.2, 0.25) is 0 Å². The highest BCUT2D eigenvalue weighted by Crippen LogP contribution is 2.31. The topological polar surface area (TPSA) is 38.7 Å². The molecular weight excluding hydrogens is 261 g/mol. The van der Waals surface area contributed by atoms with E-state index in [0.717, 1.165) is 0 Å². The molecule has 0 saturated heterocycles. The molecule has 0 aliphatic carbocycles. The Balaban J connectivity index is 2.66. The second kappa shape index (κ2) is 5.85. The summed E-state index contributed by atoms with van der Waals surface area (Å²) >= 11 is 0. The van der Waals surface area contributed by atoms with Crippen molar-refractivity contribution >= 4 is 0 Å². The van der Waals surface area contributed by atoms with Gasteiger partial charge in [0.15, 0.2) is 5.60 Å². The quantitative estimate of drug-likeness (QED) is 0.838. The molecule has 19 heavy (non-hydrogen) atoms. The normalized spacial score (nSPS) is 14.3. The summed E-state index contributed by atoms with van der Waals surface area (Å²) < 4.78 is 47.2. The number of halogens is 3. The average Bonchev–Trinajstić information content (AvgIpc) is 2.33. The van der Waals surface area contributed by atoms with E-state index in [1.54, 1.807) is 12.1 Å². The third-order valence-corrected chi connectivity index (χ3v) is 2.26. The fraction of sp³-hybridized carbons (Fsp3) is 0.385. The zero-order chi connectivity index (χ0) is 14.5. The number of ether oxygens (including phenoxy) is 2. The van der Waals surface area contributed by atoms with Crippen LogP contribution in [-0.4, -0.2) is 30.1 Å². The van der Waals surface area contributed by atoms with Crippen molar-refractivity contribution in [2.75, 3.05) is 13.2 Å². The predicted molar refractivity (Wildman–Crippen MR) is 62.9 cm³/mol. The lowest BCUT2D eigenvalue weighted by atomic mass is 10.1. The summed E-state index contributed by atoms with van der Waals surface area (Å²) in [5, 5.41) is 9.22. The van der Waals surface area contributed by atoms with E-state index in [9.17, 15) is 18.3 Å². The molecule has 0 amide bonds. The Morgan fingerprint density at radius 3 is 2.37 bits per heavy atom. The number of terminal acetylenes is 1. The molecule has 0 spiro atoms. The third kappa shape index (κ3) is 4.38. The molecule has 0 heterocycles. The number of alkyl halides is 3. The Morgan fingerprint density at radius 1 is 1.26 bits per heavy atom. The molecule has 1 atom stereocenters. The molecule has 0 saturated carbocycles. The lowest BCUT2D eigenvalue weighted by molar-refractivity contribution is -0.260. The van der Waals surface area contributed by atoms with E-state index in [-0.39, 0.29) is 12.4 Å². The van der Waals surface area contributed by atoms with Crippen molar-refractivity contribution in [3.63, 3.8) is 0 Å². The van der Waals surface area contributed by atoms with Gasteiger partial charge in [-0.1, -0.05) is 12.0 Å². The lowest BCUT2D eigenvalue weighted by Crippen LogP contribution is -2.47. The maximum Gasteiger partial charge on any atom is 0.420 e. The molecule has 1 N–H and O–H groups in total. The van der Waals surface area contributed by atoms with Gasteiger partial charge in [-0.2, -0.15) is 13.2 Å². The minimum Gasteiger partial charge on any atom is -0.490 e. The first-order chi connectivity index (χ1) is 8.76. The van der Waals surface area contributed by atoms with Gasteiger partial charge in [0.1, 0.15) is 24.7 Å². The Bertz CT molecular complexity index is 461. The van der Waals surface area contributed by atoms with Crippen molar-refractivity contribution in [3.05, 3.63) is 24.3 Å². The van der Waals surface area contributed by atoms with E-state index in [4.69, 9.17) is 15.9 Å². The van der Waals surface area contributed by atoms with E-state index in [0.29, 0.717) is 12.7 Å². The van der Waals surface area contributed by atoms with Crippen molar-refractivity contribution in [2.45, 2.75) is 18.7 Å². The van der Waals surface area contributed by atoms with Crippen LogP contribution >= 0.6 is 0 Å². The standard InChI is InChI=1S/C13H13F3O3/c1-3-7-18-10-5-4-6-11(8-10)19-9-12(2,17)13(14,15)16/h1,4-6,8,17H,7,9H2,2H3. The fourth-order valence-electron chi connectivity index (χ4n) is 1.08. The van der Waals surface area contributed by atoms with Crippen LogP contribution in [0.5, 0.6) is 11.5 Å². The summed E-state index contributed by atoms with van der Waals surface area (Å²) in [5.74, 6) is 2.79. The highest BCUT2D eigenvalue weighted by Gasteiger charge is 2.50. The highest BCUT2D eigenvalue weighted by molar-refractivity contribution is 5.33. The number of aliphatic hydroxyl groups is 1. The first-order valence-corrected chi connectivity index (χ1v) is 5.34. The van der Waals surface area contributed by atoms with E-state index in [2.05, 4.69) is 5.92 Å². The fourth-order valence-corrected chi connectivity index (χ4v) is 1.08. The molecule has 0 aliphatic heterocycles. The van der Waals surface area contributed by atoms with E-state index in [1.165, 1.54) is 12.1 Å². The van der Waals surface area contributed by atoms with Gasteiger partial charge >= 0.3 is 6.18 Å². The molecule has 0 aliphatic rings. The first kappa shape index (κ1) is 15.2. The molecule has 0 bridgehead atoms. The molecule has 1 aromatic carbocycles. The van der Waals surface area contributed by atoms with Crippen LogP contribution in [0.2, 0.25) is 0 Å². The largest absolute Gasteiger partial charge is 0.490 e. The van der Waals surface area contributed by atoms with Crippen LogP contribution < -0.4 is 9.47 Å². The molecular formula is C13H13F3O3. The Kier molecular flexibility index (Phi) is 4.67. The van der Waals surface area contributed by atoms with Gasteiger partial charge in [0.25, 0.3) is 0 Å². The molecule has 6 heteroatoms. The summed E-state index contributed by atoms with van der Waals surface area (Å²) in [6.45, 7) is -0.218. The van der Waals surface area contributed by atoms with Crippen LogP contribution in [0, 0.1) is 12.3 Å². The van der Waals surface area contributed by atoms with Crippen LogP contribution in [0.15, 0.2) is 24.3 Å². The van der Waals surface area contributed by atoms with Gasteiger partial charge in [-0.15, -0.1) is 6.42 Å². The van der Waals surface area contributed by atoms with E-state index < -0.39 is 18.4 Å². The molecule has 1 aromatic rings. The van der Waals surface area contributed by atoms with E-state index in [1.807, 2.05) is 0 Å². The Labute approximate surface area is 109 Å². The Hall–Kier alpha value is -1.87. The van der Waals surface area contributed by atoms with Gasteiger partial charge in [0, 0.05) is 6.07 Å². The smallest absolute Gasteiger partial charge is 0.420 e. The molecule has 1 unspecified atom stereocenters. The monoisotopic (exact) mass is 274 g/mol. The number of rotatable bonds is 5. The van der Waals surface area contributed by atoms with Crippen LogP contribution in [0.25, 0.3) is 0 Å². The van der Waals surface area contributed by atoms with Gasteiger partial charge in [-0.05, 0) is 19.1 Å². The summed E-state index contributed by atoms with van der Waals surface area (Å²) in [7, 11) is 0. The molecule has 104 valence electrons. The Morgan fingerprint density at radius 2 is 1.84 bits per heavy atom. The SMILES string of the molecule is C#CCOc1cccc(OCC(C)(O)C(F)(F)F)c1. The first-order valence-electron chi connectivity index (χ1n) is 5.34. The molecule has 1 rings (SSSR count). The van der Waals surface area contributed by atoms with E-state index >= 15 is 0 Å². The van der Waals surface area contributed by atoms with Crippen molar-refractivity contribution < 1.29 is 27.8 Å². The molecule has 0 fully saturated rings. The van der Waals surface area contributed by atoms with Crippen molar-refractivity contribution in [1.29, 1.82) is 0 Å². The number of benzene rings is 1. The summed E-state index contributed by atoms with van der Waals surface area (Å²) in [6, 6.07) is 5.98. The molecule has 3 nitrogen and oxygen atoms in total. The average molecular weight is 274 g/mol. The minimum absolute atomic E-state index is 0.0454. The summed E-state index contributed by atoms with van der Waals surface area (Å²) in [5.41, 5.74) is -2.91. The third-order valence-electron chi connectivity index (χ3n) is 2.26. The second-order valence-electron chi connectivity index (χ2n) is 4.03. The van der Waals surface area contributed by atoms with Crippen LogP contribution in [0.1, 0.15) is 6.92 Å². The predicted octanol–water partition coefficient (Wildman–Crippen LogP) is 2.39. The van der Waals surface area contributed by atoms with Crippen molar-refractivity contribution in [2.24, 2.45) is 0 Å². The highest BCUT2D eigenvalue weighted by atomic mass is 19.4. The summed E-state index contributed by atoms with van der Waals surface area (Å²) in [6.07, 6.45) is 0.254. The summed E-state index contributed by atoms with van der Waals surface area (Å²) in [4.78, 5) is 0. The molecule has 0 radical (unpaired) electrons. The minimum atomic E-state index is -4.76. The van der Waals surface area contributed by atoms with Gasteiger partial charge in [-0.3, -0.25) is 0 Å². The van der Waals surface area contributed by atoms with Gasteiger partial charge in [-0.25, -0.2) is 0 Å². The van der Waals surface area contributed by atoms with Crippen molar-refractivity contribution in [3.8, 4) is 23.8 Å². The zero-order valence-corrected chi connectivity index (χ0v) is 10.2. The van der Waals surface area contributed by atoms with Gasteiger partial charge < -0.3 is 14.6 Å². The number of hydrogen-bond acceptors (Lipinski definition) is 3. The van der Waals surface area contributed by atoms with Crippen molar-refractivity contribution in [1.82, 2.24) is 0 Å². The maximum absolute atomic E-state index is 12.4. The molecule has 0 aromatic heterocycles.